The molecule has 78 valence electrons. The van der Waals surface area contributed by atoms with Gasteiger partial charge in [0.15, 0.2) is 0 Å². The molecule has 14 heavy (non-hydrogen) atoms. The molecular formula is C11H19N3. The van der Waals surface area contributed by atoms with Crippen LogP contribution in [0.3, 0.4) is 0 Å². The van der Waals surface area contributed by atoms with Gasteiger partial charge < -0.3 is 5.32 Å². The van der Waals surface area contributed by atoms with Crippen molar-refractivity contribution < 1.29 is 0 Å². The molecule has 0 aliphatic carbocycles. The molecule has 1 heterocycles. The topological polar surface area (TPSA) is 37.8 Å². The summed E-state index contributed by atoms with van der Waals surface area (Å²) >= 11 is 0. The highest BCUT2D eigenvalue weighted by Gasteiger charge is 2.24. The van der Waals surface area contributed by atoms with Gasteiger partial charge in [-0.05, 0) is 20.4 Å². The molecule has 0 saturated heterocycles. The summed E-state index contributed by atoms with van der Waals surface area (Å²) in [5, 5.41) is 3.24. The Bertz CT molecular complexity index is 269. The van der Waals surface area contributed by atoms with Gasteiger partial charge in [-0.3, -0.25) is 9.97 Å². The zero-order chi connectivity index (χ0) is 10.6. The van der Waals surface area contributed by atoms with Crippen LogP contribution < -0.4 is 5.32 Å². The first kappa shape index (κ1) is 11.1. The summed E-state index contributed by atoms with van der Waals surface area (Å²) in [5.41, 5.74) is 1.14. The van der Waals surface area contributed by atoms with Crippen LogP contribution in [0.25, 0.3) is 0 Å². The van der Waals surface area contributed by atoms with Crippen molar-refractivity contribution in [2.75, 3.05) is 7.05 Å². The van der Waals surface area contributed by atoms with E-state index in [4.69, 9.17) is 0 Å². The first-order valence-corrected chi connectivity index (χ1v) is 5.00. The van der Waals surface area contributed by atoms with Crippen molar-refractivity contribution in [2.24, 2.45) is 0 Å². The van der Waals surface area contributed by atoms with E-state index in [1.807, 2.05) is 13.2 Å². The Kier molecular flexibility index (Phi) is 3.58. The normalized spacial score (nSPS) is 14.0. The number of hydrogen-bond acceptors (Lipinski definition) is 3. The van der Waals surface area contributed by atoms with Crippen LogP contribution in [0.4, 0.5) is 0 Å². The number of nitrogens with one attached hydrogen (secondary N) is 1. The Balaban J connectivity index is 2.75. The van der Waals surface area contributed by atoms with Crippen LogP contribution in [0.1, 0.15) is 32.9 Å². The fraction of sp³-hybridized carbons (Fsp3) is 0.636. The maximum absolute atomic E-state index is 4.35. The Labute approximate surface area is 86.0 Å². The lowest BCUT2D eigenvalue weighted by atomic mass is 9.83. The molecule has 1 rings (SSSR count). The molecule has 0 fully saturated rings. The van der Waals surface area contributed by atoms with Gasteiger partial charge in [-0.25, -0.2) is 0 Å². The monoisotopic (exact) mass is 193 g/mol. The van der Waals surface area contributed by atoms with Crippen molar-refractivity contribution in [3.8, 4) is 0 Å². The average Bonchev–Trinajstić information content (AvgIpc) is 2.18. The lowest BCUT2D eigenvalue weighted by Crippen LogP contribution is -2.31. The first-order valence-electron chi connectivity index (χ1n) is 5.00. The molecule has 0 aliphatic heterocycles. The highest BCUT2D eigenvalue weighted by Crippen LogP contribution is 2.25. The van der Waals surface area contributed by atoms with E-state index in [1.54, 1.807) is 12.4 Å². The van der Waals surface area contributed by atoms with Gasteiger partial charge in [0, 0.05) is 30.0 Å². The minimum atomic E-state index is 0.0800. The molecule has 1 unspecified atom stereocenters. The highest BCUT2D eigenvalue weighted by atomic mass is 14.9. The van der Waals surface area contributed by atoms with Gasteiger partial charge in [0.25, 0.3) is 0 Å². The molecule has 0 aromatic carbocycles. The molecule has 3 heteroatoms. The lowest BCUT2D eigenvalue weighted by molar-refractivity contribution is 0.395. The summed E-state index contributed by atoms with van der Waals surface area (Å²) < 4.78 is 0. The van der Waals surface area contributed by atoms with Gasteiger partial charge in [0.1, 0.15) is 0 Å². The van der Waals surface area contributed by atoms with Gasteiger partial charge in [0.2, 0.25) is 0 Å². The van der Waals surface area contributed by atoms with Crippen LogP contribution in [-0.4, -0.2) is 23.1 Å². The van der Waals surface area contributed by atoms with Crippen LogP contribution in [0.15, 0.2) is 18.6 Å². The molecular weight excluding hydrogens is 174 g/mol. The third-order valence-corrected chi connectivity index (χ3v) is 2.57. The van der Waals surface area contributed by atoms with Gasteiger partial charge in [-0.1, -0.05) is 13.8 Å². The standard InChI is InChI=1S/C11H19N3/c1-9(12-4)7-11(2,3)10-8-13-5-6-14-10/h5-6,8-9,12H,7H2,1-4H3. The second-order valence-corrected chi connectivity index (χ2v) is 4.37. The molecule has 1 aromatic rings. The zero-order valence-corrected chi connectivity index (χ0v) is 9.41. The van der Waals surface area contributed by atoms with E-state index in [0.29, 0.717) is 6.04 Å². The predicted octanol–water partition coefficient (Wildman–Crippen LogP) is 1.75. The number of rotatable bonds is 4. The Hall–Kier alpha value is -0.960. The van der Waals surface area contributed by atoms with Crippen LogP contribution in [0.2, 0.25) is 0 Å². The van der Waals surface area contributed by atoms with Gasteiger partial charge in [-0.2, -0.15) is 0 Å². The Morgan fingerprint density at radius 3 is 2.64 bits per heavy atom. The summed E-state index contributed by atoms with van der Waals surface area (Å²) in [6.07, 6.45) is 6.37. The van der Waals surface area contributed by atoms with E-state index in [0.717, 1.165) is 12.1 Å². The molecule has 3 nitrogen and oxygen atoms in total. The molecule has 1 aromatic heterocycles. The van der Waals surface area contributed by atoms with E-state index in [1.165, 1.54) is 0 Å². The van der Waals surface area contributed by atoms with Crippen LogP contribution in [-0.2, 0) is 5.41 Å². The summed E-state index contributed by atoms with van der Waals surface area (Å²) in [6, 6.07) is 0.493. The SMILES string of the molecule is CNC(C)CC(C)(C)c1cnccn1. The summed E-state index contributed by atoms with van der Waals surface area (Å²) in [4.78, 5) is 8.45. The van der Waals surface area contributed by atoms with Crippen molar-refractivity contribution in [3.63, 3.8) is 0 Å². The van der Waals surface area contributed by atoms with Crippen molar-refractivity contribution in [2.45, 2.75) is 38.6 Å². The summed E-state index contributed by atoms with van der Waals surface area (Å²) in [5.74, 6) is 0. The van der Waals surface area contributed by atoms with E-state index in [-0.39, 0.29) is 5.41 Å². The van der Waals surface area contributed by atoms with Crippen molar-refractivity contribution in [1.29, 1.82) is 0 Å². The fourth-order valence-corrected chi connectivity index (χ4v) is 1.62. The Morgan fingerprint density at radius 2 is 2.14 bits per heavy atom. The van der Waals surface area contributed by atoms with E-state index < -0.39 is 0 Å². The van der Waals surface area contributed by atoms with Crippen LogP contribution in [0.5, 0.6) is 0 Å². The molecule has 0 spiro atoms. The average molecular weight is 193 g/mol. The fourth-order valence-electron chi connectivity index (χ4n) is 1.62. The minimum Gasteiger partial charge on any atom is -0.317 e. The quantitative estimate of drug-likeness (QED) is 0.791. The molecule has 0 amide bonds. The van der Waals surface area contributed by atoms with Crippen LogP contribution >= 0.6 is 0 Å². The first-order chi connectivity index (χ1) is 6.56. The molecule has 0 bridgehead atoms. The smallest absolute Gasteiger partial charge is 0.0643 e. The van der Waals surface area contributed by atoms with Crippen molar-refractivity contribution >= 4 is 0 Å². The lowest BCUT2D eigenvalue weighted by Gasteiger charge is -2.26. The molecule has 0 radical (unpaired) electrons. The third kappa shape index (κ3) is 2.77. The predicted molar refractivity (Wildman–Crippen MR) is 58.2 cm³/mol. The maximum atomic E-state index is 4.35. The van der Waals surface area contributed by atoms with E-state index >= 15 is 0 Å². The zero-order valence-electron chi connectivity index (χ0n) is 9.41. The third-order valence-electron chi connectivity index (χ3n) is 2.57. The van der Waals surface area contributed by atoms with Gasteiger partial charge in [0.05, 0.1) is 5.69 Å². The second kappa shape index (κ2) is 4.51. The highest BCUT2D eigenvalue weighted by molar-refractivity contribution is 5.10. The summed E-state index contributed by atoms with van der Waals surface area (Å²) in [6.45, 7) is 6.58. The largest absolute Gasteiger partial charge is 0.317 e. The van der Waals surface area contributed by atoms with Gasteiger partial charge in [-0.15, -0.1) is 0 Å². The number of hydrogen-bond donors (Lipinski definition) is 1. The number of nitrogens with zero attached hydrogens (tertiary/aromatic N) is 2. The second-order valence-electron chi connectivity index (χ2n) is 4.37. The molecule has 1 N–H and O–H groups in total. The van der Waals surface area contributed by atoms with E-state index in [2.05, 4.69) is 36.1 Å². The van der Waals surface area contributed by atoms with E-state index in [9.17, 15) is 0 Å². The molecule has 1 atom stereocenters. The Morgan fingerprint density at radius 1 is 1.43 bits per heavy atom. The molecule has 0 aliphatic rings. The summed E-state index contributed by atoms with van der Waals surface area (Å²) in [7, 11) is 1.98. The number of aromatic nitrogens is 2. The minimum absolute atomic E-state index is 0.0800. The van der Waals surface area contributed by atoms with Crippen LogP contribution in [0, 0.1) is 0 Å². The van der Waals surface area contributed by atoms with Crippen molar-refractivity contribution in [1.82, 2.24) is 15.3 Å². The van der Waals surface area contributed by atoms with Gasteiger partial charge >= 0.3 is 0 Å². The molecule has 0 saturated carbocycles. The maximum Gasteiger partial charge on any atom is 0.0643 e. The van der Waals surface area contributed by atoms with Crippen molar-refractivity contribution in [3.05, 3.63) is 24.3 Å².